The van der Waals surface area contributed by atoms with Crippen LogP contribution < -0.4 is 0 Å². The maximum absolute atomic E-state index is 12.7. The predicted octanol–water partition coefficient (Wildman–Crippen LogP) is 4.46. The second-order valence-electron chi connectivity index (χ2n) is 6.32. The highest BCUT2D eigenvalue weighted by molar-refractivity contribution is 5.97. The third-order valence-electron chi connectivity index (χ3n) is 4.38. The molecule has 2 atom stereocenters. The highest BCUT2D eigenvalue weighted by atomic mass is 16.6. The molecule has 0 heterocycles. The zero-order valence-electron chi connectivity index (χ0n) is 17.6. The van der Waals surface area contributed by atoms with Crippen molar-refractivity contribution in [3.05, 3.63) is 80.9 Å². The minimum absolute atomic E-state index is 0.00479. The van der Waals surface area contributed by atoms with E-state index in [9.17, 15) is 19.7 Å². The van der Waals surface area contributed by atoms with E-state index in [2.05, 4.69) is 0 Å². The molecule has 2 rings (SSSR count). The van der Waals surface area contributed by atoms with Gasteiger partial charge in [0, 0.05) is 16.9 Å². The molecule has 0 fully saturated rings. The molecule has 0 N–H and O–H groups in total. The first kappa shape index (κ1) is 24.5. The zero-order chi connectivity index (χ0) is 22.7. The fraction of sp³-hybridized carbons (Fsp3) is 0.348. The molecule has 0 aromatic heterocycles. The Labute approximate surface area is 176 Å². The molecule has 0 saturated heterocycles. The van der Waals surface area contributed by atoms with Crippen LogP contribution in [0.3, 0.4) is 0 Å². The van der Waals surface area contributed by atoms with Crippen LogP contribution in [0, 0.1) is 28.4 Å². The van der Waals surface area contributed by atoms with Crippen LogP contribution in [-0.4, -0.2) is 29.3 Å². The number of aryl methyl sites for hydroxylation is 1. The molecular formula is C23H26N2O5. The van der Waals surface area contributed by atoms with Gasteiger partial charge in [0.2, 0.25) is 0 Å². The molecule has 0 aliphatic rings. The SMILES string of the molecule is CC.CCOC(=O)C(C(CC(=O)c1ccc(C)cc1)c1ccc(C#N)cc1)[N+](=O)[O-]. The monoisotopic (exact) mass is 410 g/mol. The standard InChI is InChI=1S/C21H20N2O5.C2H6/c1-3-28-21(25)20(23(26)27)18(16-10-6-15(13-22)7-11-16)12-19(24)17-8-4-14(2)5-9-17;1-2/h4-11,18,20H,3,12H2,1-2H3;1-2H3. The molecule has 0 bridgehead atoms. The average Bonchev–Trinajstić information content (AvgIpc) is 2.75. The van der Waals surface area contributed by atoms with Gasteiger partial charge in [-0.25, -0.2) is 4.79 Å². The molecular weight excluding hydrogens is 384 g/mol. The largest absolute Gasteiger partial charge is 0.461 e. The predicted molar refractivity (Wildman–Crippen MR) is 113 cm³/mol. The van der Waals surface area contributed by atoms with Gasteiger partial charge in [0.1, 0.15) is 0 Å². The number of carbonyl (C=O) groups excluding carboxylic acids is 2. The van der Waals surface area contributed by atoms with Crippen LogP contribution in [0.25, 0.3) is 0 Å². The van der Waals surface area contributed by atoms with Crippen molar-refractivity contribution in [3.8, 4) is 6.07 Å². The second kappa shape index (κ2) is 12.1. The van der Waals surface area contributed by atoms with Crippen molar-refractivity contribution in [2.45, 2.75) is 46.1 Å². The second-order valence-corrected chi connectivity index (χ2v) is 6.32. The Morgan fingerprint density at radius 3 is 2.13 bits per heavy atom. The Morgan fingerprint density at radius 1 is 1.10 bits per heavy atom. The number of Topliss-reactive ketones (excluding diaryl/α,β-unsaturated/α-hetero) is 1. The first-order chi connectivity index (χ1) is 14.4. The Hall–Kier alpha value is -3.53. The average molecular weight is 410 g/mol. The normalized spacial score (nSPS) is 11.8. The number of benzene rings is 2. The lowest BCUT2D eigenvalue weighted by molar-refractivity contribution is -0.514. The number of nitriles is 1. The summed E-state index contributed by atoms with van der Waals surface area (Å²) in [5.41, 5.74) is 2.19. The molecule has 7 heteroatoms. The van der Waals surface area contributed by atoms with Crippen LogP contribution in [0.15, 0.2) is 48.5 Å². The Bertz CT molecular complexity index is 899. The molecule has 7 nitrogen and oxygen atoms in total. The maximum atomic E-state index is 12.7. The van der Waals surface area contributed by atoms with Crippen LogP contribution in [0.4, 0.5) is 0 Å². The highest BCUT2D eigenvalue weighted by Crippen LogP contribution is 2.28. The van der Waals surface area contributed by atoms with Gasteiger partial charge in [0.25, 0.3) is 0 Å². The fourth-order valence-electron chi connectivity index (χ4n) is 2.90. The molecule has 0 aliphatic heterocycles. The summed E-state index contributed by atoms with van der Waals surface area (Å²) in [6, 6.07) is 13.2. The van der Waals surface area contributed by atoms with E-state index in [-0.39, 0.29) is 18.8 Å². The van der Waals surface area contributed by atoms with Gasteiger partial charge in [-0.05, 0) is 31.5 Å². The summed E-state index contributed by atoms with van der Waals surface area (Å²) in [6.07, 6.45) is -0.237. The van der Waals surface area contributed by atoms with Gasteiger partial charge in [-0.2, -0.15) is 5.26 Å². The summed E-state index contributed by atoms with van der Waals surface area (Å²) in [5, 5.41) is 20.6. The van der Waals surface area contributed by atoms with Gasteiger partial charge >= 0.3 is 12.0 Å². The number of hydrogen-bond donors (Lipinski definition) is 0. The van der Waals surface area contributed by atoms with E-state index in [1.807, 2.05) is 26.8 Å². The van der Waals surface area contributed by atoms with Gasteiger partial charge in [0.05, 0.1) is 24.2 Å². The molecule has 0 spiro atoms. The van der Waals surface area contributed by atoms with E-state index in [1.165, 1.54) is 24.3 Å². The molecule has 0 amide bonds. The maximum Gasteiger partial charge on any atom is 0.382 e. The number of carbonyl (C=O) groups is 2. The summed E-state index contributed by atoms with van der Waals surface area (Å²) in [6.45, 7) is 7.44. The van der Waals surface area contributed by atoms with Gasteiger partial charge in [0.15, 0.2) is 5.78 Å². The van der Waals surface area contributed by atoms with Crippen molar-refractivity contribution in [2.24, 2.45) is 0 Å². The topological polar surface area (TPSA) is 110 Å². The van der Waals surface area contributed by atoms with Crippen molar-refractivity contribution < 1.29 is 19.2 Å². The van der Waals surface area contributed by atoms with Crippen molar-refractivity contribution in [3.63, 3.8) is 0 Å². The van der Waals surface area contributed by atoms with E-state index in [4.69, 9.17) is 10.00 Å². The third-order valence-corrected chi connectivity index (χ3v) is 4.38. The van der Waals surface area contributed by atoms with Gasteiger partial charge in [-0.1, -0.05) is 55.8 Å². The summed E-state index contributed by atoms with van der Waals surface area (Å²) in [5.74, 6) is -2.32. The van der Waals surface area contributed by atoms with Gasteiger partial charge in [-0.3, -0.25) is 14.9 Å². The summed E-state index contributed by atoms with van der Waals surface area (Å²) >= 11 is 0. The lowest BCUT2D eigenvalue weighted by atomic mass is 9.85. The smallest absolute Gasteiger partial charge is 0.382 e. The summed E-state index contributed by atoms with van der Waals surface area (Å²) in [4.78, 5) is 35.9. The first-order valence-electron chi connectivity index (χ1n) is 9.77. The van der Waals surface area contributed by atoms with Crippen molar-refractivity contribution in [1.82, 2.24) is 0 Å². The molecule has 0 radical (unpaired) electrons. The van der Waals surface area contributed by atoms with E-state index < -0.39 is 22.9 Å². The van der Waals surface area contributed by atoms with E-state index in [0.717, 1.165) is 5.56 Å². The number of ketones is 1. The lowest BCUT2D eigenvalue weighted by Gasteiger charge is -2.20. The fourth-order valence-corrected chi connectivity index (χ4v) is 2.90. The minimum atomic E-state index is -1.72. The number of nitro groups is 1. The quantitative estimate of drug-likeness (QED) is 0.275. The zero-order valence-corrected chi connectivity index (χ0v) is 17.6. The number of hydrogen-bond acceptors (Lipinski definition) is 6. The Morgan fingerprint density at radius 2 is 1.67 bits per heavy atom. The van der Waals surface area contributed by atoms with Crippen molar-refractivity contribution >= 4 is 11.8 Å². The molecule has 2 aromatic carbocycles. The van der Waals surface area contributed by atoms with Gasteiger partial charge in [-0.15, -0.1) is 0 Å². The number of rotatable bonds is 8. The molecule has 158 valence electrons. The summed E-state index contributed by atoms with van der Waals surface area (Å²) < 4.78 is 4.87. The van der Waals surface area contributed by atoms with Crippen LogP contribution in [0.1, 0.15) is 60.2 Å². The first-order valence-corrected chi connectivity index (χ1v) is 9.77. The Balaban J connectivity index is 0.00000218. The number of ether oxygens (including phenoxy) is 1. The highest BCUT2D eigenvalue weighted by Gasteiger charge is 2.42. The van der Waals surface area contributed by atoms with Gasteiger partial charge < -0.3 is 4.74 Å². The molecule has 2 unspecified atom stereocenters. The van der Waals surface area contributed by atoms with Crippen molar-refractivity contribution in [2.75, 3.05) is 6.61 Å². The van der Waals surface area contributed by atoms with Crippen LogP contribution in [0.2, 0.25) is 0 Å². The molecule has 0 aliphatic carbocycles. The number of esters is 1. The lowest BCUT2D eigenvalue weighted by Crippen LogP contribution is -2.38. The summed E-state index contributed by atoms with van der Waals surface area (Å²) in [7, 11) is 0. The van der Waals surface area contributed by atoms with Crippen molar-refractivity contribution in [1.29, 1.82) is 5.26 Å². The van der Waals surface area contributed by atoms with Crippen LogP contribution in [-0.2, 0) is 9.53 Å². The molecule has 30 heavy (non-hydrogen) atoms. The molecule has 2 aromatic rings. The number of nitrogens with zero attached hydrogens (tertiary/aromatic N) is 2. The van der Waals surface area contributed by atoms with E-state index in [1.54, 1.807) is 31.2 Å². The third kappa shape index (κ3) is 6.52. The molecule has 0 saturated carbocycles. The van der Waals surface area contributed by atoms with E-state index in [0.29, 0.717) is 16.7 Å². The van der Waals surface area contributed by atoms with E-state index >= 15 is 0 Å². The minimum Gasteiger partial charge on any atom is -0.461 e. The van der Waals surface area contributed by atoms with Crippen LogP contribution >= 0.6 is 0 Å². The Kier molecular flexibility index (Phi) is 9.90. The van der Waals surface area contributed by atoms with Crippen LogP contribution in [0.5, 0.6) is 0 Å².